The van der Waals surface area contributed by atoms with E-state index >= 15 is 0 Å². The molecule has 2 atom stereocenters. The molecular formula is C22H26O6. The second-order valence-corrected chi connectivity index (χ2v) is 7.19. The van der Waals surface area contributed by atoms with Gasteiger partial charge in [0.2, 0.25) is 12.5 Å². The fraction of sp³-hybridized carbons (Fsp3) is 0.455. The summed E-state index contributed by atoms with van der Waals surface area (Å²) in [5.41, 5.74) is 2.40. The van der Waals surface area contributed by atoms with Crippen LogP contribution in [0.3, 0.4) is 0 Å². The van der Waals surface area contributed by atoms with Gasteiger partial charge in [-0.1, -0.05) is 6.07 Å². The maximum absolute atomic E-state index is 5.82. The summed E-state index contributed by atoms with van der Waals surface area (Å²) < 4.78 is 33.1. The van der Waals surface area contributed by atoms with E-state index in [1.807, 2.05) is 18.2 Å². The van der Waals surface area contributed by atoms with Crippen molar-refractivity contribution in [3.8, 4) is 28.7 Å². The Kier molecular flexibility index (Phi) is 5.48. The average Bonchev–Trinajstić information content (AvgIpc) is 3.36. The first kappa shape index (κ1) is 18.7. The highest BCUT2D eigenvalue weighted by atomic mass is 16.7. The molecule has 1 saturated heterocycles. The predicted molar refractivity (Wildman–Crippen MR) is 104 cm³/mol. The maximum Gasteiger partial charge on any atom is 0.231 e. The molecule has 0 aromatic heterocycles. The lowest BCUT2D eigenvalue weighted by atomic mass is 9.85. The summed E-state index contributed by atoms with van der Waals surface area (Å²) in [6, 6.07) is 10.2. The summed E-state index contributed by atoms with van der Waals surface area (Å²) in [4.78, 5) is 0. The van der Waals surface area contributed by atoms with E-state index in [1.54, 1.807) is 21.3 Å². The van der Waals surface area contributed by atoms with Crippen molar-refractivity contribution in [1.82, 2.24) is 0 Å². The summed E-state index contributed by atoms with van der Waals surface area (Å²) in [7, 11) is 4.90. The van der Waals surface area contributed by atoms with Crippen LogP contribution < -0.4 is 23.7 Å². The minimum atomic E-state index is 0.301. The van der Waals surface area contributed by atoms with E-state index < -0.39 is 0 Å². The van der Waals surface area contributed by atoms with Gasteiger partial charge < -0.3 is 28.4 Å². The third kappa shape index (κ3) is 3.69. The van der Waals surface area contributed by atoms with Crippen LogP contribution in [0.1, 0.15) is 11.1 Å². The topological polar surface area (TPSA) is 55.4 Å². The predicted octanol–water partition coefficient (Wildman–Crippen LogP) is 3.49. The molecule has 0 N–H and O–H groups in total. The van der Waals surface area contributed by atoms with Crippen LogP contribution >= 0.6 is 0 Å². The third-order valence-electron chi connectivity index (χ3n) is 5.49. The second-order valence-electron chi connectivity index (χ2n) is 7.19. The number of hydrogen-bond donors (Lipinski definition) is 0. The molecule has 2 aromatic carbocycles. The molecule has 0 radical (unpaired) electrons. The number of methoxy groups -OCH3 is 3. The zero-order valence-corrected chi connectivity index (χ0v) is 16.5. The molecule has 0 spiro atoms. The van der Waals surface area contributed by atoms with Gasteiger partial charge in [-0.25, -0.2) is 0 Å². The summed E-state index contributed by atoms with van der Waals surface area (Å²) >= 11 is 0. The van der Waals surface area contributed by atoms with Crippen LogP contribution in [0.2, 0.25) is 0 Å². The Morgan fingerprint density at radius 3 is 2.07 bits per heavy atom. The van der Waals surface area contributed by atoms with Crippen LogP contribution in [0.25, 0.3) is 0 Å². The van der Waals surface area contributed by atoms with E-state index in [0.717, 1.165) is 43.1 Å². The van der Waals surface area contributed by atoms with Gasteiger partial charge in [0.1, 0.15) is 0 Å². The Labute approximate surface area is 165 Å². The summed E-state index contributed by atoms with van der Waals surface area (Å²) in [5.74, 6) is 4.50. The molecule has 0 amide bonds. The first-order valence-electron chi connectivity index (χ1n) is 9.47. The lowest BCUT2D eigenvalue weighted by Crippen LogP contribution is -2.17. The van der Waals surface area contributed by atoms with Crippen molar-refractivity contribution in [2.45, 2.75) is 12.8 Å². The van der Waals surface area contributed by atoms with Gasteiger partial charge in [0.25, 0.3) is 0 Å². The molecule has 0 unspecified atom stereocenters. The second kappa shape index (κ2) is 8.19. The molecule has 0 aliphatic carbocycles. The summed E-state index contributed by atoms with van der Waals surface area (Å²) in [6.45, 7) is 1.82. The van der Waals surface area contributed by atoms with Crippen LogP contribution in [-0.4, -0.2) is 41.3 Å². The Bertz CT molecular complexity index is 809. The minimum Gasteiger partial charge on any atom is -0.493 e. The van der Waals surface area contributed by atoms with Gasteiger partial charge in [0, 0.05) is 0 Å². The molecule has 150 valence electrons. The van der Waals surface area contributed by atoms with Gasteiger partial charge >= 0.3 is 0 Å². The molecule has 0 bridgehead atoms. The molecule has 28 heavy (non-hydrogen) atoms. The normalized spacial score (nSPS) is 20.2. The van der Waals surface area contributed by atoms with Gasteiger partial charge in [-0.2, -0.15) is 0 Å². The first-order chi connectivity index (χ1) is 13.7. The summed E-state index contributed by atoms with van der Waals surface area (Å²) in [6.07, 6.45) is 1.84. The molecule has 0 saturated carbocycles. The number of hydrogen-bond acceptors (Lipinski definition) is 6. The van der Waals surface area contributed by atoms with Crippen molar-refractivity contribution in [3.63, 3.8) is 0 Å². The molecule has 6 nitrogen and oxygen atoms in total. The number of benzene rings is 2. The Balaban J connectivity index is 1.49. The van der Waals surface area contributed by atoms with Crippen molar-refractivity contribution in [3.05, 3.63) is 41.5 Å². The lowest BCUT2D eigenvalue weighted by Gasteiger charge is -2.20. The molecule has 2 aromatic rings. The van der Waals surface area contributed by atoms with Crippen molar-refractivity contribution >= 4 is 0 Å². The number of ether oxygens (including phenoxy) is 6. The Hall–Kier alpha value is -2.60. The fourth-order valence-corrected chi connectivity index (χ4v) is 4.02. The number of fused-ring (bicyclic) bond motifs is 1. The van der Waals surface area contributed by atoms with Crippen LogP contribution in [0.15, 0.2) is 30.3 Å². The Morgan fingerprint density at radius 1 is 0.786 bits per heavy atom. The smallest absolute Gasteiger partial charge is 0.231 e. The number of rotatable bonds is 7. The maximum atomic E-state index is 5.82. The zero-order chi connectivity index (χ0) is 19.5. The van der Waals surface area contributed by atoms with E-state index in [9.17, 15) is 0 Å². The van der Waals surface area contributed by atoms with Crippen molar-refractivity contribution in [2.24, 2.45) is 11.8 Å². The highest BCUT2D eigenvalue weighted by Gasteiger charge is 2.29. The summed E-state index contributed by atoms with van der Waals surface area (Å²) in [5, 5.41) is 0. The molecule has 6 heteroatoms. The van der Waals surface area contributed by atoms with E-state index in [4.69, 9.17) is 28.4 Å². The van der Waals surface area contributed by atoms with Gasteiger partial charge in [-0.05, 0) is 60.1 Å². The van der Waals surface area contributed by atoms with Gasteiger partial charge in [-0.3, -0.25) is 0 Å². The lowest BCUT2D eigenvalue weighted by molar-refractivity contribution is 0.174. The minimum absolute atomic E-state index is 0.301. The van der Waals surface area contributed by atoms with Crippen LogP contribution in [0, 0.1) is 11.8 Å². The van der Waals surface area contributed by atoms with Gasteiger partial charge in [-0.15, -0.1) is 0 Å². The van der Waals surface area contributed by atoms with E-state index in [2.05, 4.69) is 12.1 Å². The van der Waals surface area contributed by atoms with Crippen LogP contribution in [0.5, 0.6) is 28.7 Å². The first-order valence-corrected chi connectivity index (χ1v) is 9.47. The molecule has 2 heterocycles. The van der Waals surface area contributed by atoms with Gasteiger partial charge in [0.05, 0.1) is 34.5 Å². The Morgan fingerprint density at radius 2 is 1.43 bits per heavy atom. The van der Waals surface area contributed by atoms with Crippen LogP contribution in [-0.2, 0) is 17.6 Å². The fourth-order valence-electron chi connectivity index (χ4n) is 4.02. The van der Waals surface area contributed by atoms with E-state index in [1.165, 1.54) is 5.56 Å². The molecule has 1 fully saturated rings. The third-order valence-corrected chi connectivity index (χ3v) is 5.49. The largest absolute Gasteiger partial charge is 0.493 e. The van der Waals surface area contributed by atoms with Crippen molar-refractivity contribution in [2.75, 3.05) is 41.3 Å². The molecule has 2 aliphatic heterocycles. The highest BCUT2D eigenvalue weighted by Crippen LogP contribution is 2.40. The molecular weight excluding hydrogens is 360 g/mol. The monoisotopic (exact) mass is 386 g/mol. The highest BCUT2D eigenvalue weighted by molar-refractivity contribution is 5.54. The van der Waals surface area contributed by atoms with E-state index in [-0.39, 0.29) is 0 Å². The standard InChI is InChI=1S/C22H26O6/c1-23-20-9-15(10-21(24-2)22(20)25-3)7-17-12-26-11-16(17)6-14-4-5-18-19(8-14)28-13-27-18/h4-5,8-10,16-17H,6-7,11-13H2,1-3H3/t16-,17-/m0/s1. The van der Waals surface area contributed by atoms with Crippen molar-refractivity contribution < 1.29 is 28.4 Å². The average molecular weight is 386 g/mol. The van der Waals surface area contributed by atoms with Gasteiger partial charge in [0.15, 0.2) is 23.0 Å². The van der Waals surface area contributed by atoms with Crippen molar-refractivity contribution in [1.29, 1.82) is 0 Å². The quantitative estimate of drug-likeness (QED) is 0.726. The van der Waals surface area contributed by atoms with Crippen LogP contribution in [0.4, 0.5) is 0 Å². The zero-order valence-electron chi connectivity index (χ0n) is 16.5. The molecule has 2 aliphatic rings. The molecule has 4 rings (SSSR count). The SMILES string of the molecule is COc1cc(C[C@H]2COC[C@@H]2Cc2ccc3c(c2)OCO3)cc(OC)c1OC. The van der Waals surface area contributed by atoms with E-state index in [0.29, 0.717) is 35.9 Å².